The van der Waals surface area contributed by atoms with E-state index in [2.05, 4.69) is 10.3 Å². The zero-order chi connectivity index (χ0) is 13.0. The quantitative estimate of drug-likeness (QED) is 0.453. The summed E-state index contributed by atoms with van der Waals surface area (Å²) < 4.78 is 5.36. The van der Waals surface area contributed by atoms with Gasteiger partial charge in [0.1, 0.15) is 11.4 Å². The third-order valence-corrected chi connectivity index (χ3v) is 2.33. The summed E-state index contributed by atoms with van der Waals surface area (Å²) in [7, 11) is 0. The van der Waals surface area contributed by atoms with Crippen LogP contribution in [0.25, 0.3) is 10.9 Å². The average molecular weight is 245 g/mol. The molecule has 2 rings (SSSR count). The molecule has 2 aromatic rings. The molecule has 0 aliphatic heterocycles. The van der Waals surface area contributed by atoms with E-state index in [-0.39, 0.29) is 12.4 Å². The van der Waals surface area contributed by atoms with Crippen molar-refractivity contribution in [2.75, 3.05) is 6.73 Å². The van der Waals surface area contributed by atoms with E-state index >= 15 is 0 Å². The Labute approximate surface area is 103 Å². The van der Waals surface area contributed by atoms with Gasteiger partial charge in [-0.3, -0.25) is 9.59 Å². The summed E-state index contributed by atoms with van der Waals surface area (Å²) in [4.78, 5) is 25.4. The number of nitrogens with two attached hydrogens (primary N) is 1. The van der Waals surface area contributed by atoms with Crippen molar-refractivity contribution in [3.05, 3.63) is 36.0 Å². The monoisotopic (exact) mass is 245 g/mol. The minimum absolute atomic E-state index is 0.00963. The number of fused-ring (bicyclic) bond motifs is 1. The van der Waals surface area contributed by atoms with Gasteiger partial charge in [0.25, 0.3) is 5.91 Å². The number of para-hydroxylation sites is 1. The molecule has 0 aliphatic carbocycles. The molecule has 0 atom stereocenters. The smallest absolute Gasteiger partial charge is 0.267 e. The molecule has 0 spiro atoms. The summed E-state index contributed by atoms with van der Waals surface area (Å²) in [5.41, 5.74) is 5.93. The van der Waals surface area contributed by atoms with Crippen LogP contribution in [0.2, 0.25) is 0 Å². The first-order valence-corrected chi connectivity index (χ1v) is 5.22. The number of nitrogens with one attached hydrogen (secondary N) is 1. The molecule has 1 heterocycles. The van der Waals surface area contributed by atoms with Crippen LogP contribution in [0.3, 0.4) is 0 Å². The number of carbonyl (C=O) groups excluding carboxylic acids is 2. The highest BCUT2D eigenvalue weighted by atomic mass is 16.5. The maximum Gasteiger partial charge on any atom is 0.267 e. The first-order valence-electron chi connectivity index (χ1n) is 5.22. The number of rotatable bonds is 5. The van der Waals surface area contributed by atoms with Gasteiger partial charge in [-0.25, -0.2) is 4.98 Å². The molecule has 6 heteroatoms. The van der Waals surface area contributed by atoms with E-state index in [1.54, 1.807) is 12.1 Å². The van der Waals surface area contributed by atoms with Crippen molar-refractivity contribution < 1.29 is 14.3 Å². The largest absolute Gasteiger partial charge is 0.472 e. The highest BCUT2D eigenvalue weighted by Crippen LogP contribution is 2.24. The van der Waals surface area contributed by atoms with Gasteiger partial charge in [0.2, 0.25) is 6.41 Å². The minimum Gasteiger partial charge on any atom is -0.472 e. The van der Waals surface area contributed by atoms with E-state index in [1.807, 2.05) is 12.1 Å². The molecule has 2 amide bonds. The Morgan fingerprint density at radius 2 is 2.22 bits per heavy atom. The fourth-order valence-corrected chi connectivity index (χ4v) is 1.54. The van der Waals surface area contributed by atoms with Crippen molar-refractivity contribution in [3.8, 4) is 5.75 Å². The number of hydrogen-bond acceptors (Lipinski definition) is 4. The Balaban J connectivity index is 2.46. The Kier molecular flexibility index (Phi) is 3.38. The summed E-state index contributed by atoms with van der Waals surface area (Å²) in [6, 6.07) is 8.64. The fourth-order valence-electron chi connectivity index (χ4n) is 1.54. The standard InChI is InChI=1S/C12H11N3O3/c13-12(17)10-5-11(18-7-14-6-16)8-3-1-2-4-9(8)15-10/h1-6H,7H2,(H2,13,17)(H,14,16). The number of hydrogen-bond donors (Lipinski definition) is 2. The molecule has 18 heavy (non-hydrogen) atoms. The van der Waals surface area contributed by atoms with Crippen LogP contribution in [0.15, 0.2) is 30.3 Å². The van der Waals surface area contributed by atoms with E-state index in [1.165, 1.54) is 6.07 Å². The summed E-state index contributed by atoms with van der Waals surface area (Å²) in [6.45, 7) is 0.00963. The summed E-state index contributed by atoms with van der Waals surface area (Å²) in [5, 5.41) is 3.12. The zero-order valence-corrected chi connectivity index (χ0v) is 9.42. The van der Waals surface area contributed by atoms with Crippen LogP contribution in [0.1, 0.15) is 10.5 Å². The molecule has 92 valence electrons. The molecule has 0 saturated heterocycles. The predicted molar refractivity (Wildman–Crippen MR) is 65.0 cm³/mol. The lowest BCUT2D eigenvalue weighted by Crippen LogP contribution is -2.19. The van der Waals surface area contributed by atoms with Crippen LogP contribution < -0.4 is 15.8 Å². The van der Waals surface area contributed by atoms with Crippen LogP contribution >= 0.6 is 0 Å². The highest BCUT2D eigenvalue weighted by molar-refractivity contribution is 5.96. The van der Waals surface area contributed by atoms with E-state index in [0.29, 0.717) is 17.7 Å². The van der Waals surface area contributed by atoms with Gasteiger partial charge in [-0.15, -0.1) is 0 Å². The number of aromatic nitrogens is 1. The Hall–Kier alpha value is -2.63. The molecule has 0 saturated carbocycles. The van der Waals surface area contributed by atoms with Gasteiger partial charge < -0.3 is 15.8 Å². The van der Waals surface area contributed by atoms with E-state index in [0.717, 1.165) is 5.39 Å². The number of benzene rings is 1. The van der Waals surface area contributed by atoms with E-state index in [9.17, 15) is 9.59 Å². The predicted octanol–water partition coefficient (Wildman–Crippen LogP) is 0.416. The molecule has 0 bridgehead atoms. The number of primary amides is 1. The number of nitrogens with zero attached hydrogens (tertiary/aromatic N) is 1. The van der Waals surface area contributed by atoms with Crippen LogP contribution in [-0.2, 0) is 4.79 Å². The molecule has 1 aromatic carbocycles. The van der Waals surface area contributed by atoms with Crippen molar-refractivity contribution in [3.63, 3.8) is 0 Å². The molecule has 0 fully saturated rings. The second-order valence-corrected chi connectivity index (χ2v) is 3.50. The van der Waals surface area contributed by atoms with Gasteiger partial charge in [-0.2, -0.15) is 0 Å². The summed E-state index contributed by atoms with van der Waals surface area (Å²) in [5.74, 6) is -0.183. The fraction of sp³-hybridized carbons (Fsp3) is 0.0833. The highest BCUT2D eigenvalue weighted by Gasteiger charge is 2.09. The minimum atomic E-state index is -0.631. The van der Waals surface area contributed by atoms with Gasteiger partial charge in [0.05, 0.1) is 5.52 Å². The third kappa shape index (κ3) is 2.37. The van der Waals surface area contributed by atoms with Gasteiger partial charge in [-0.05, 0) is 12.1 Å². The molecular weight excluding hydrogens is 234 g/mol. The van der Waals surface area contributed by atoms with E-state index in [4.69, 9.17) is 10.5 Å². The van der Waals surface area contributed by atoms with Crippen molar-refractivity contribution in [2.45, 2.75) is 0 Å². The summed E-state index contributed by atoms with van der Waals surface area (Å²) >= 11 is 0. The maximum absolute atomic E-state index is 11.2. The molecule has 1 aromatic heterocycles. The lowest BCUT2D eigenvalue weighted by atomic mass is 10.2. The molecule has 3 N–H and O–H groups in total. The lowest BCUT2D eigenvalue weighted by Gasteiger charge is -2.09. The molecule has 6 nitrogen and oxygen atoms in total. The van der Waals surface area contributed by atoms with Crippen molar-refractivity contribution in [2.24, 2.45) is 5.73 Å². The maximum atomic E-state index is 11.2. The van der Waals surface area contributed by atoms with Gasteiger partial charge in [0.15, 0.2) is 6.73 Å². The number of carbonyl (C=O) groups is 2. The van der Waals surface area contributed by atoms with Gasteiger partial charge in [-0.1, -0.05) is 12.1 Å². The van der Waals surface area contributed by atoms with Crippen LogP contribution in [-0.4, -0.2) is 24.0 Å². The Morgan fingerprint density at radius 3 is 2.94 bits per heavy atom. The average Bonchev–Trinajstić information content (AvgIpc) is 2.38. The number of amides is 2. The van der Waals surface area contributed by atoms with Gasteiger partial charge >= 0.3 is 0 Å². The number of pyridine rings is 1. The lowest BCUT2D eigenvalue weighted by molar-refractivity contribution is -0.110. The van der Waals surface area contributed by atoms with Crippen molar-refractivity contribution >= 4 is 23.2 Å². The van der Waals surface area contributed by atoms with Crippen LogP contribution in [0.5, 0.6) is 5.75 Å². The Morgan fingerprint density at radius 1 is 1.44 bits per heavy atom. The van der Waals surface area contributed by atoms with Crippen molar-refractivity contribution in [1.29, 1.82) is 0 Å². The normalized spacial score (nSPS) is 10.0. The first-order chi connectivity index (χ1) is 8.72. The van der Waals surface area contributed by atoms with E-state index < -0.39 is 5.91 Å². The summed E-state index contributed by atoms with van der Waals surface area (Å²) in [6.07, 6.45) is 0.526. The second kappa shape index (κ2) is 5.13. The SMILES string of the molecule is NC(=O)c1cc(OCNC=O)c2ccccc2n1. The molecule has 0 aliphatic rings. The van der Waals surface area contributed by atoms with Crippen LogP contribution in [0.4, 0.5) is 0 Å². The Bertz CT molecular complexity index is 598. The zero-order valence-electron chi connectivity index (χ0n) is 9.42. The molecule has 0 radical (unpaired) electrons. The molecular formula is C12H11N3O3. The number of ether oxygens (including phenoxy) is 1. The van der Waals surface area contributed by atoms with Crippen LogP contribution in [0, 0.1) is 0 Å². The van der Waals surface area contributed by atoms with Crippen molar-refractivity contribution in [1.82, 2.24) is 10.3 Å². The first kappa shape index (κ1) is 11.8. The second-order valence-electron chi connectivity index (χ2n) is 3.50. The molecule has 0 unspecified atom stereocenters. The topological polar surface area (TPSA) is 94.3 Å². The van der Waals surface area contributed by atoms with Gasteiger partial charge in [0, 0.05) is 11.5 Å². The third-order valence-electron chi connectivity index (χ3n) is 2.33.